The number of unbranched alkanes of at least 4 members (excludes halogenated alkanes) is 1. The highest BCUT2D eigenvalue weighted by atomic mass is 32.1. The van der Waals surface area contributed by atoms with Crippen LogP contribution in [0.25, 0.3) is 22.0 Å². The van der Waals surface area contributed by atoms with E-state index in [0.29, 0.717) is 16.3 Å². The van der Waals surface area contributed by atoms with E-state index in [0.717, 1.165) is 52.5 Å². The minimum atomic E-state index is -0.433. The Kier molecular flexibility index (Phi) is 7.17. The van der Waals surface area contributed by atoms with E-state index in [1.807, 2.05) is 55.6 Å². The number of nitrogens with one attached hydrogen (secondary N) is 1. The molecule has 5 nitrogen and oxygen atoms in total. The third-order valence-corrected chi connectivity index (χ3v) is 6.93. The lowest BCUT2D eigenvalue weighted by Crippen LogP contribution is -2.19. The number of anilines is 1. The first-order valence-electron chi connectivity index (χ1n) is 11.7. The summed E-state index contributed by atoms with van der Waals surface area (Å²) in [5, 5.41) is 6.53. The molecule has 6 heteroatoms. The fraction of sp³-hybridized carbons (Fsp3) is 0.286. The standard InChI is InChI=1S/C28H30N2O3S/c1-5-7-16-30-23-11-9-8-10-21(23)19(4)25(30)26(31)29-27-24(28(32)33-6-2)22(17-34-27)20-14-12-18(3)13-15-20/h8-15,17H,5-7,16H2,1-4H3,(H,29,31). The maximum Gasteiger partial charge on any atom is 0.341 e. The van der Waals surface area contributed by atoms with Gasteiger partial charge < -0.3 is 14.6 Å². The number of hydrogen-bond donors (Lipinski definition) is 1. The van der Waals surface area contributed by atoms with Gasteiger partial charge in [-0.2, -0.15) is 0 Å². The van der Waals surface area contributed by atoms with Crippen LogP contribution in [0.5, 0.6) is 0 Å². The average molecular weight is 475 g/mol. The summed E-state index contributed by atoms with van der Waals surface area (Å²) in [6.45, 7) is 8.95. The van der Waals surface area contributed by atoms with Gasteiger partial charge in [-0.25, -0.2) is 4.79 Å². The topological polar surface area (TPSA) is 60.3 Å². The summed E-state index contributed by atoms with van der Waals surface area (Å²) >= 11 is 1.35. The normalized spacial score (nSPS) is 11.1. The van der Waals surface area contributed by atoms with Gasteiger partial charge in [0.2, 0.25) is 0 Å². The third kappa shape index (κ3) is 4.50. The van der Waals surface area contributed by atoms with Crippen molar-refractivity contribution in [2.24, 2.45) is 0 Å². The zero-order chi connectivity index (χ0) is 24.2. The van der Waals surface area contributed by atoms with Gasteiger partial charge in [-0.15, -0.1) is 11.3 Å². The Morgan fingerprint density at radius 1 is 1.03 bits per heavy atom. The molecule has 0 saturated heterocycles. The molecule has 0 spiro atoms. The van der Waals surface area contributed by atoms with Crippen molar-refractivity contribution in [3.8, 4) is 11.1 Å². The number of hydrogen-bond acceptors (Lipinski definition) is 4. The highest BCUT2D eigenvalue weighted by molar-refractivity contribution is 7.15. The van der Waals surface area contributed by atoms with E-state index in [1.165, 1.54) is 11.3 Å². The van der Waals surface area contributed by atoms with Gasteiger partial charge in [0, 0.05) is 28.4 Å². The zero-order valence-corrected chi connectivity index (χ0v) is 20.9. The molecular weight excluding hydrogens is 444 g/mol. The second kappa shape index (κ2) is 10.3. The Morgan fingerprint density at radius 2 is 1.76 bits per heavy atom. The number of carbonyl (C=O) groups excluding carboxylic acids is 2. The van der Waals surface area contributed by atoms with Gasteiger partial charge in [-0.05, 0) is 44.4 Å². The van der Waals surface area contributed by atoms with Crippen LogP contribution in [0.4, 0.5) is 5.00 Å². The lowest BCUT2D eigenvalue weighted by Gasteiger charge is -2.12. The van der Waals surface area contributed by atoms with E-state index >= 15 is 0 Å². The van der Waals surface area contributed by atoms with Crippen LogP contribution in [-0.4, -0.2) is 23.1 Å². The maximum absolute atomic E-state index is 13.6. The van der Waals surface area contributed by atoms with Gasteiger partial charge in [0.1, 0.15) is 16.3 Å². The van der Waals surface area contributed by atoms with Crippen LogP contribution in [-0.2, 0) is 11.3 Å². The molecule has 0 atom stereocenters. The first-order valence-corrected chi connectivity index (χ1v) is 12.6. The summed E-state index contributed by atoms with van der Waals surface area (Å²) in [4.78, 5) is 26.6. The molecule has 0 saturated carbocycles. The summed E-state index contributed by atoms with van der Waals surface area (Å²) < 4.78 is 7.46. The molecule has 2 aromatic heterocycles. The van der Waals surface area contributed by atoms with Gasteiger partial charge in [-0.1, -0.05) is 61.4 Å². The van der Waals surface area contributed by atoms with Gasteiger partial charge >= 0.3 is 5.97 Å². The summed E-state index contributed by atoms with van der Waals surface area (Å²) in [6, 6.07) is 16.1. The minimum Gasteiger partial charge on any atom is -0.462 e. The number of aryl methyl sites for hydroxylation is 3. The number of amides is 1. The Hall–Kier alpha value is -3.38. The lowest BCUT2D eigenvalue weighted by atomic mass is 10.0. The molecule has 0 aliphatic heterocycles. The van der Waals surface area contributed by atoms with E-state index in [2.05, 4.69) is 28.9 Å². The molecule has 176 valence electrons. The van der Waals surface area contributed by atoms with Crippen LogP contribution in [0.3, 0.4) is 0 Å². The van der Waals surface area contributed by atoms with E-state index in [9.17, 15) is 9.59 Å². The van der Waals surface area contributed by atoms with Gasteiger partial charge in [0.25, 0.3) is 5.91 Å². The number of benzene rings is 2. The SMILES string of the molecule is CCCCn1c(C(=O)Nc2scc(-c3ccc(C)cc3)c2C(=O)OCC)c(C)c2ccccc21. The quantitative estimate of drug-likeness (QED) is 0.274. The number of rotatable bonds is 8. The van der Waals surface area contributed by atoms with E-state index in [1.54, 1.807) is 6.92 Å². The van der Waals surface area contributed by atoms with Crippen LogP contribution in [0.1, 0.15) is 58.7 Å². The lowest BCUT2D eigenvalue weighted by molar-refractivity contribution is 0.0529. The largest absolute Gasteiger partial charge is 0.462 e. The van der Waals surface area contributed by atoms with Gasteiger partial charge in [0.05, 0.1) is 6.61 Å². The van der Waals surface area contributed by atoms with Crippen molar-refractivity contribution in [3.63, 3.8) is 0 Å². The first-order chi connectivity index (χ1) is 16.5. The number of carbonyl (C=O) groups is 2. The Labute approximate surface area is 204 Å². The van der Waals surface area contributed by atoms with E-state index in [-0.39, 0.29) is 12.5 Å². The summed E-state index contributed by atoms with van der Waals surface area (Å²) in [7, 11) is 0. The number of esters is 1. The average Bonchev–Trinajstić information content (AvgIpc) is 3.37. The maximum atomic E-state index is 13.6. The number of fused-ring (bicyclic) bond motifs is 1. The summed E-state index contributed by atoms with van der Waals surface area (Å²) in [6.07, 6.45) is 2.01. The van der Waals surface area contributed by atoms with Crippen LogP contribution in [0, 0.1) is 13.8 Å². The van der Waals surface area contributed by atoms with Crippen molar-refractivity contribution in [2.45, 2.75) is 47.1 Å². The molecule has 2 aromatic carbocycles. The molecule has 0 aliphatic rings. The molecular formula is C28H30N2O3S. The number of nitrogens with zero attached hydrogens (tertiary/aromatic N) is 1. The van der Waals surface area contributed by atoms with E-state index < -0.39 is 5.97 Å². The minimum absolute atomic E-state index is 0.215. The highest BCUT2D eigenvalue weighted by Gasteiger charge is 2.26. The predicted molar refractivity (Wildman–Crippen MR) is 140 cm³/mol. The Balaban J connectivity index is 1.77. The number of thiophene rings is 1. The predicted octanol–water partition coefficient (Wildman–Crippen LogP) is 7.22. The third-order valence-electron chi connectivity index (χ3n) is 6.03. The monoisotopic (exact) mass is 474 g/mol. The molecule has 4 rings (SSSR count). The molecule has 0 bridgehead atoms. The van der Waals surface area contributed by atoms with Crippen LogP contribution in [0.15, 0.2) is 53.9 Å². The fourth-order valence-corrected chi connectivity index (χ4v) is 5.23. The Morgan fingerprint density at radius 3 is 2.47 bits per heavy atom. The molecule has 4 aromatic rings. The molecule has 0 aliphatic carbocycles. The van der Waals surface area contributed by atoms with E-state index in [4.69, 9.17) is 4.74 Å². The number of para-hydroxylation sites is 1. The van der Waals surface area contributed by atoms with Crippen LogP contribution < -0.4 is 5.32 Å². The molecule has 0 unspecified atom stereocenters. The molecule has 34 heavy (non-hydrogen) atoms. The summed E-state index contributed by atoms with van der Waals surface area (Å²) in [5.74, 6) is -0.648. The van der Waals surface area contributed by atoms with Gasteiger partial charge in [0.15, 0.2) is 0 Å². The second-order valence-electron chi connectivity index (χ2n) is 8.39. The van der Waals surface area contributed by atoms with Crippen LogP contribution in [0.2, 0.25) is 0 Å². The highest BCUT2D eigenvalue weighted by Crippen LogP contribution is 2.37. The first kappa shape index (κ1) is 23.8. The summed E-state index contributed by atoms with van der Waals surface area (Å²) in [5.41, 5.74) is 5.85. The van der Waals surface area contributed by atoms with Crippen LogP contribution >= 0.6 is 11.3 Å². The number of aromatic nitrogens is 1. The van der Waals surface area contributed by atoms with Crippen molar-refractivity contribution < 1.29 is 14.3 Å². The van der Waals surface area contributed by atoms with Gasteiger partial charge in [-0.3, -0.25) is 4.79 Å². The molecule has 2 heterocycles. The van der Waals surface area contributed by atoms with Crippen molar-refractivity contribution in [1.29, 1.82) is 0 Å². The fourth-order valence-electron chi connectivity index (χ4n) is 4.28. The zero-order valence-electron chi connectivity index (χ0n) is 20.1. The Bertz CT molecular complexity index is 1330. The van der Waals surface area contributed by atoms with Crippen molar-refractivity contribution >= 4 is 39.1 Å². The molecule has 0 radical (unpaired) electrons. The van der Waals surface area contributed by atoms with Crippen molar-refractivity contribution in [2.75, 3.05) is 11.9 Å². The van der Waals surface area contributed by atoms with Crippen molar-refractivity contribution in [3.05, 3.63) is 76.3 Å². The second-order valence-corrected chi connectivity index (χ2v) is 9.27. The molecule has 0 fully saturated rings. The smallest absolute Gasteiger partial charge is 0.341 e. The molecule has 1 amide bonds. The van der Waals surface area contributed by atoms with Crippen molar-refractivity contribution in [1.82, 2.24) is 4.57 Å². The molecule has 1 N–H and O–H groups in total. The number of ether oxygens (including phenoxy) is 1.